The summed E-state index contributed by atoms with van der Waals surface area (Å²) in [5, 5.41) is 0. The number of rotatable bonds is 8. The van der Waals surface area contributed by atoms with Gasteiger partial charge in [0.2, 0.25) is 0 Å². The highest BCUT2D eigenvalue weighted by Gasteiger charge is 2.47. The number of allylic oxidation sites excluding steroid dienone is 12. The quantitative estimate of drug-likeness (QED) is 0.140. The predicted octanol–water partition coefficient (Wildman–Crippen LogP) is 20.4. The van der Waals surface area contributed by atoms with E-state index in [1.165, 1.54) is 139 Å². The second-order valence-corrected chi connectivity index (χ2v) is 26.8. The van der Waals surface area contributed by atoms with E-state index < -0.39 is 0 Å². The summed E-state index contributed by atoms with van der Waals surface area (Å²) in [4.78, 5) is 5.38. The minimum atomic E-state index is -0.241. The van der Waals surface area contributed by atoms with Crippen LogP contribution in [-0.4, -0.2) is 6.71 Å². The fourth-order valence-electron chi connectivity index (χ4n) is 15.2. The van der Waals surface area contributed by atoms with Crippen LogP contribution >= 0.6 is 0 Å². The maximum absolute atomic E-state index is 2.72. The summed E-state index contributed by atoms with van der Waals surface area (Å²) in [5.41, 5.74) is 32.3. The Hall–Kier alpha value is -9.70. The van der Waals surface area contributed by atoms with E-state index >= 15 is 0 Å². The van der Waals surface area contributed by atoms with Crippen molar-refractivity contribution < 1.29 is 0 Å². The lowest BCUT2D eigenvalue weighted by Crippen LogP contribution is -2.61. The first kappa shape index (κ1) is 52.8. The monoisotopic (exact) mass is 1120 g/mol. The average molecular weight is 1120 g/mol. The lowest BCUT2D eigenvalue weighted by molar-refractivity contribution is 0.357. The van der Waals surface area contributed by atoms with Gasteiger partial charge in [-0.05, 0) is 136 Å². The number of anilines is 6. The predicted molar refractivity (Wildman–Crippen MR) is 370 cm³/mol. The third kappa shape index (κ3) is 8.84. The Labute approximate surface area is 514 Å². The molecule has 2 heterocycles. The molecule has 0 fully saturated rings. The Morgan fingerprint density at radius 3 is 1.39 bits per heavy atom. The van der Waals surface area contributed by atoms with Crippen LogP contribution < -0.4 is 26.2 Å². The van der Waals surface area contributed by atoms with Gasteiger partial charge < -0.3 is 9.80 Å². The van der Waals surface area contributed by atoms with Gasteiger partial charge in [0, 0.05) is 56.8 Å². The molecule has 2 nitrogen and oxygen atoms in total. The molecule has 3 heteroatoms. The van der Waals surface area contributed by atoms with Crippen molar-refractivity contribution in [3.8, 4) is 55.6 Å². The molecule has 2 aliphatic heterocycles. The van der Waals surface area contributed by atoms with Crippen LogP contribution in [0.2, 0.25) is 0 Å². The molecule has 10 aromatic carbocycles. The third-order valence-electron chi connectivity index (χ3n) is 19.5. The van der Waals surface area contributed by atoms with Crippen molar-refractivity contribution in [2.75, 3.05) is 9.80 Å². The van der Waals surface area contributed by atoms with Crippen molar-refractivity contribution in [2.24, 2.45) is 23.2 Å². The van der Waals surface area contributed by atoms with Crippen LogP contribution in [0.5, 0.6) is 0 Å². The van der Waals surface area contributed by atoms with Crippen LogP contribution in [0.3, 0.4) is 0 Å². The van der Waals surface area contributed by atoms with Gasteiger partial charge in [-0.3, -0.25) is 0 Å². The van der Waals surface area contributed by atoms with E-state index in [-0.39, 0.29) is 17.5 Å². The highest BCUT2D eigenvalue weighted by molar-refractivity contribution is 7.00. The Bertz CT molecular complexity index is 4490. The minimum Gasteiger partial charge on any atom is -0.310 e. The van der Waals surface area contributed by atoms with Crippen molar-refractivity contribution in [3.63, 3.8) is 0 Å². The molecule has 0 aromatic heterocycles. The zero-order valence-electron chi connectivity index (χ0n) is 50.5. The summed E-state index contributed by atoms with van der Waals surface area (Å²) in [5.74, 6) is 1.18. The molecule has 10 aromatic rings. The first-order valence-electron chi connectivity index (χ1n) is 31.3. The van der Waals surface area contributed by atoms with Gasteiger partial charge in [0.1, 0.15) is 0 Å². The smallest absolute Gasteiger partial charge is 0.252 e. The number of hydrogen-bond donors (Lipinski definition) is 0. The van der Waals surface area contributed by atoms with Gasteiger partial charge in [0.05, 0.1) is 11.4 Å². The molecule has 6 aliphatic rings. The molecular formula is C84H69BN2. The first-order valence-corrected chi connectivity index (χ1v) is 31.3. The zero-order chi connectivity index (χ0) is 58.7. The van der Waals surface area contributed by atoms with Crippen molar-refractivity contribution in [2.45, 2.75) is 53.4 Å². The molecule has 0 N–H and O–H groups in total. The molecule has 418 valence electrons. The summed E-state index contributed by atoms with van der Waals surface area (Å²) in [6, 6.07) is 89.1. The summed E-state index contributed by atoms with van der Waals surface area (Å²) < 4.78 is 0. The number of fused-ring (bicyclic) bond motifs is 4. The van der Waals surface area contributed by atoms with Crippen molar-refractivity contribution in [1.29, 1.82) is 0 Å². The lowest BCUT2D eigenvalue weighted by atomic mass is 9.33. The average Bonchev–Trinajstić information content (AvgIpc) is 0.710. The van der Waals surface area contributed by atoms with Gasteiger partial charge in [-0.1, -0.05) is 296 Å². The second kappa shape index (κ2) is 20.5. The normalized spacial score (nSPS) is 17.8. The van der Waals surface area contributed by atoms with Crippen LogP contribution in [0.4, 0.5) is 34.1 Å². The molecule has 4 aliphatic carbocycles. The Morgan fingerprint density at radius 2 is 0.874 bits per heavy atom. The molecule has 0 spiro atoms. The summed E-state index contributed by atoms with van der Waals surface area (Å²) in [6.45, 7) is 14.1. The lowest BCUT2D eigenvalue weighted by Gasteiger charge is -2.47. The van der Waals surface area contributed by atoms with E-state index in [4.69, 9.17) is 0 Å². The standard InChI is InChI=1S/C84H69BN2/c1-83(2,3)66-48-63-40-38-61-46-65(47-62-39-41-64(49-66)79(63)78(61)62)60-42-44-72-75(51-60)87(82-70(57-30-18-10-19-31-57)36-23-37-71(82)58-32-20-11-21-33-58)77-53-67(84(4,5)6)52-76-80(77)85(72)73-50-59(54-24-12-7-13-25-54)43-45-74(73)86(76)81-68(55-26-14-8-15-27-55)34-22-35-69(81)56-28-16-9-17-29-56/h7-38,40-53,62,78-79H,39H2,1-6H3. The molecule has 0 radical (unpaired) electrons. The highest BCUT2D eigenvalue weighted by Crippen LogP contribution is 2.56. The van der Waals surface area contributed by atoms with Gasteiger partial charge in [0.15, 0.2) is 0 Å². The van der Waals surface area contributed by atoms with Gasteiger partial charge in [-0.25, -0.2) is 0 Å². The third-order valence-corrected chi connectivity index (χ3v) is 19.5. The van der Waals surface area contributed by atoms with Gasteiger partial charge in [-0.15, -0.1) is 0 Å². The molecule has 16 rings (SSSR count). The van der Waals surface area contributed by atoms with Crippen LogP contribution in [0.15, 0.2) is 301 Å². The molecule has 3 atom stereocenters. The van der Waals surface area contributed by atoms with Crippen molar-refractivity contribution in [3.05, 3.63) is 313 Å². The van der Waals surface area contributed by atoms with Crippen molar-refractivity contribution >= 4 is 62.8 Å². The first-order chi connectivity index (χ1) is 42.4. The Morgan fingerprint density at radius 1 is 0.379 bits per heavy atom. The fourth-order valence-corrected chi connectivity index (χ4v) is 15.2. The minimum absolute atomic E-state index is 0.0857. The van der Waals surface area contributed by atoms with Crippen LogP contribution in [0.25, 0.3) is 61.2 Å². The molecule has 3 unspecified atom stereocenters. The molecular weight excluding hydrogens is 1050 g/mol. The summed E-state index contributed by atoms with van der Waals surface area (Å²) in [7, 11) is 0. The van der Waals surface area contributed by atoms with E-state index in [1.807, 2.05) is 0 Å². The topological polar surface area (TPSA) is 6.48 Å². The number of benzene rings is 10. The molecule has 0 saturated carbocycles. The summed E-state index contributed by atoms with van der Waals surface area (Å²) in [6.07, 6.45) is 18.7. The van der Waals surface area contributed by atoms with E-state index in [0.717, 1.165) is 12.1 Å². The van der Waals surface area contributed by atoms with Gasteiger partial charge in [-0.2, -0.15) is 0 Å². The Kier molecular flexibility index (Phi) is 12.4. The van der Waals surface area contributed by atoms with Crippen LogP contribution in [-0.2, 0) is 5.41 Å². The second-order valence-electron chi connectivity index (χ2n) is 26.8. The van der Waals surface area contributed by atoms with E-state index in [0.29, 0.717) is 17.8 Å². The van der Waals surface area contributed by atoms with Gasteiger partial charge >= 0.3 is 0 Å². The number of para-hydroxylation sites is 2. The van der Waals surface area contributed by atoms with E-state index in [1.54, 1.807) is 0 Å². The molecule has 0 bridgehead atoms. The van der Waals surface area contributed by atoms with Crippen LogP contribution in [0.1, 0.15) is 59.1 Å². The Balaban J connectivity index is 1.01. The van der Waals surface area contributed by atoms with Gasteiger partial charge in [0.25, 0.3) is 6.71 Å². The maximum Gasteiger partial charge on any atom is 0.252 e. The SMILES string of the molecule is CC(C)(C)C1=CC2=CCC3C=C(c4ccc5c(c4)N(c4c(-c6ccccc6)cccc4-c4ccccc4)c4cc(C(C)(C)C)cc6c4B5c4cc(-c5ccccc5)ccc4N6c4c(-c5ccccc5)cccc4-c4ccccc4)C=C4C=CC(=C1)C2C43. The highest BCUT2D eigenvalue weighted by atomic mass is 15.2. The molecule has 0 saturated heterocycles. The van der Waals surface area contributed by atoms with Crippen LogP contribution in [0, 0.1) is 23.2 Å². The van der Waals surface area contributed by atoms with E-state index in [2.05, 4.69) is 330 Å². The number of nitrogens with zero attached hydrogens (tertiary/aromatic N) is 2. The zero-order valence-corrected chi connectivity index (χ0v) is 50.5. The largest absolute Gasteiger partial charge is 0.310 e. The maximum atomic E-state index is 2.72. The molecule has 0 amide bonds. The molecule has 87 heavy (non-hydrogen) atoms. The van der Waals surface area contributed by atoms with Crippen molar-refractivity contribution in [1.82, 2.24) is 0 Å². The number of hydrogen-bond acceptors (Lipinski definition) is 2. The van der Waals surface area contributed by atoms with E-state index in [9.17, 15) is 0 Å². The summed E-state index contributed by atoms with van der Waals surface area (Å²) >= 11 is 0. The fraction of sp³-hybridized carbons (Fsp3) is 0.143.